The van der Waals surface area contributed by atoms with Crippen LogP contribution in [0.15, 0.2) is 24.4 Å². The summed E-state index contributed by atoms with van der Waals surface area (Å²) in [5.74, 6) is 0.609. The SMILES string of the molecule is O=C(CCl)N1CCC(Oc2ccccn2)C1. The van der Waals surface area contributed by atoms with E-state index in [0.717, 1.165) is 6.42 Å². The maximum absolute atomic E-state index is 11.3. The van der Waals surface area contributed by atoms with Gasteiger partial charge in [0.2, 0.25) is 11.8 Å². The number of hydrogen-bond donors (Lipinski definition) is 0. The van der Waals surface area contributed by atoms with Gasteiger partial charge in [-0.25, -0.2) is 4.98 Å². The molecule has 4 nitrogen and oxygen atoms in total. The third kappa shape index (κ3) is 2.64. The van der Waals surface area contributed by atoms with Crippen LogP contribution in [0.1, 0.15) is 6.42 Å². The molecule has 1 aliphatic rings. The monoisotopic (exact) mass is 240 g/mol. The minimum Gasteiger partial charge on any atom is -0.472 e. The Morgan fingerprint density at radius 3 is 3.19 bits per heavy atom. The van der Waals surface area contributed by atoms with Crippen molar-refractivity contribution in [2.75, 3.05) is 19.0 Å². The first-order valence-corrected chi connectivity index (χ1v) is 5.74. The van der Waals surface area contributed by atoms with Crippen LogP contribution in [0.2, 0.25) is 0 Å². The Labute approximate surface area is 99.2 Å². The van der Waals surface area contributed by atoms with Gasteiger partial charge < -0.3 is 9.64 Å². The fraction of sp³-hybridized carbons (Fsp3) is 0.455. The molecule has 1 atom stereocenters. The molecule has 86 valence electrons. The minimum atomic E-state index is -0.0335. The van der Waals surface area contributed by atoms with Crippen LogP contribution in [0.25, 0.3) is 0 Å². The molecule has 2 heterocycles. The number of carbonyl (C=O) groups excluding carboxylic acids is 1. The lowest BCUT2D eigenvalue weighted by Gasteiger charge is -2.15. The summed E-state index contributed by atoms with van der Waals surface area (Å²) < 4.78 is 5.65. The quantitative estimate of drug-likeness (QED) is 0.748. The molecule has 0 aliphatic carbocycles. The van der Waals surface area contributed by atoms with Gasteiger partial charge in [0.1, 0.15) is 12.0 Å². The fourth-order valence-electron chi connectivity index (χ4n) is 1.72. The van der Waals surface area contributed by atoms with E-state index < -0.39 is 0 Å². The molecule has 0 bridgehead atoms. The van der Waals surface area contributed by atoms with Gasteiger partial charge in [0.05, 0.1) is 6.54 Å². The summed E-state index contributed by atoms with van der Waals surface area (Å²) >= 11 is 5.50. The van der Waals surface area contributed by atoms with E-state index in [1.54, 1.807) is 11.1 Å². The van der Waals surface area contributed by atoms with Gasteiger partial charge in [-0.15, -0.1) is 11.6 Å². The fourth-order valence-corrected chi connectivity index (χ4v) is 1.89. The van der Waals surface area contributed by atoms with Crippen molar-refractivity contribution >= 4 is 17.5 Å². The lowest BCUT2D eigenvalue weighted by molar-refractivity contribution is -0.127. The van der Waals surface area contributed by atoms with E-state index in [9.17, 15) is 4.79 Å². The number of pyridine rings is 1. The second kappa shape index (κ2) is 5.16. The maximum atomic E-state index is 11.3. The van der Waals surface area contributed by atoms with Gasteiger partial charge in [0, 0.05) is 25.2 Å². The molecule has 1 unspecified atom stereocenters. The molecular weight excluding hydrogens is 228 g/mol. The summed E-state index contributed by atoms with van der Waals surface area (Å²) in [6.07, 6.45) is 2.55. The number of alkyl halides is 1. The maximum Gasteiger partial charge on any atom is 0.237 e. The average Bonchev–Trinajstić information content (AvgIpc) is 2.78. The summed E-state index contributed by atoms with van der Waals surface area (Å²) in [4.78, 5) is 17.1. The van der Waals surface area contributed by atoms with Crippen LogP contribution in [-0.2, 0) is 4.79 Å². The molecule has 0 radical (unpaired) electrons. The Hall–Kier alpha value is -1.29. The van der Waals surface area contributed by atoms with Gasteiger partial charge in [-0.05, 0) is 6.07 Å². The predicted octanol–water partition coefficient (Wildman–Crippen LogP) is 1.30. The first-order valence-electron chi connectivity index (χ1n) is 5.21. The summed E-state index contributed by atoms with van der Waals surface area (Å²) in [6, 6.07) is 5.52. The Morgan fingerprint density at radius 1 is 1.62 bits per heavy atom. The lowest BCUT2D eigenvalue weighted by Crippen LogP contribution is -2.31. The van der Waals surface area contributed by atoms with E-state index in [-0.39, 0.29) is 17.9 Å². The van der Waals surface area contributed by atoms with Crippen molar-refractivity contribution in [3.05, 3.63) is 24.4 Å². The Morgan fingerprint density at radius 2 is 2.50 bits per heavy atom. The minimum absolute atomic E-state index is 0.0297. The number of ether oxygens (including phenoxy) is 1. The van der Waals surface area contributed by atoms with Crippen LogP contribution in [0.4, 0.5) is 0 Å². The highest BCUT2D eigenvalue weighted by atomic mass is 35.5. The standard InChI is InChI=1S/C11H13ClN2O2/c12-7-11(15)14-6-4-9(8-14)16-10-3-1-2-5-13-10/h1-3,5,9H,4,6-8H2. The first-order chi connectivity index (χ1) is 7.79. The Balaban J connectivity index is 1.88. The van der Waals surface area contributed by atoms with Crippen LogP contribution in [0, 0.1) is 0 Å². The molecule has 1 fully saturated rings. The van der Waals surface area contributed by atoms with Gasteiger partial charge in [0.15, 0.2) is 0 Å². The Bertz CT molecular complexity index is 358. The summed E-state index contributed by atoms with van der Waals surface area (Å²) in [6.45, 7) is 1.31. The van der Waals surface area contributed by atoms with Crippen LogP contribution in [0.5, 0.6) is 5.88 Å². The predicted molar refractivity (Wildman–Crippen MR) is 60.6 cm³/mol. The Kier molecular flexibility index (Phi) is 3.62. The highest BCUT2D eigenvalue weighted by Gasteiger charge is 2.27. The summed E-state index contributed by atoms with van der Waals surface area (Å²) in [5, 5.41) is 0. The molecule has 0 aromatic carbocycles. The number of hydrogen-bond acceptors (Lipinski definition) is 3. The van der Waals surface area contributed by atoms with E-state index in [4.69, 9.17) is 16.3 Å². The second-order valence-corrected chi connectivity index (χ2v) is 3.94. The molecule has 1 aliphatic heterocycles. The number of carbonyl (C=O) groups is 1. The number of nitrogens with zero attached hydrogens (tertiary/aromatic N) is 2. The molecule has 2 rings (SSSR count). The van der Waals surface area contributed by atoms with Crippen molar-refractivity contribution in [1.29, 1.82) is 0 Å². The van der Waals surface area contributed by atoms with Crippen LogP contribution in [0.3, 0.4) is 0 Å². The molecule has 0 saturated carbocycles. The molecule has 1 amide bonds. The highest BCUT2D eigenvalue weighted by Crippen LogP contribution is 2.16. The zero-order valence-electron chi connectivity index (χ0n) is 8.80. The van der Waals surface area contributed by atoms with Gasteiger partial charge in [-0.3, -0.25) is 4.79 Å². The summed E-state index contributed by atoms with van der Waals surface area (Å²) in [5.41, 5.74) is 0. The van der Waals surface area contributed by atoms with Gasteiger partial charge in [0.25, 0.3) is 0 Å². The highest BCUT2D eigenvalue weighted by molar-refractivity contribution is 6.27. The third-order valence-corrected chi connectivity index (χ3v) is 2.77. The smallest absolute Gasteiger partial charge is 0.237 e. The lowest BCUT2D eigenvalue weighted by atomic mass is 10.3. The van der Waals surface area contributed by atoms with Crippen molar-refractivity contribution in [2.24, 2.45) is 0 Å². The van der Waals surface area contributed by atoms with E-state index in [2.05, 4.69) is 4.98 Å². The molecule has 5 heteroatoms. The molecule has 0 spiro atoms. The van der Waals surface area contributed by atoms with E-state index in [0.29, 0.717) is 19.0 Å². The van der Waals surface area contributed by atoms with Crippen LogP contribution >= 0.6 is 11.6 Å². The van der Waals surface area contributed by atoms with E-state index in [1.807, 2.05) is 18.2 Å². The number of halogens is 1. The topological polar surface area (TPSA) is 42.4 Å². The zero-order valence-corrected chi connectivity index (χ0v) is 9.56. The third-order valence-electron chi connectivity index (χ3n) is 2.54. The van der Waals surface area contributed by atoms with E-state index >= 15 is 0 Å². The normalized spacial score (nSPS) is 19.8. The van der Waals surface area contributed by atoms with Crippen molar-refractivity contribution < 1.29 is 9.53 Å². The molecule has 16 heavy (non-hydrogen) atoms. The van der Waals surface area contributed by atoms with Gasteiger partial charge in [-0.1, -0.05) is 6.07 Å². The number of likely N-dealkylation sites (tertiary alicyclic amines) is 1. The van der Waals surface area contributed by atoms with Crippen molar-refractivity contribution in [2.45, 2.75) is 12.5 Å². The second-order valence-electron chi connectivity index (χ2n) is 3.67. The van der Waals surface area contributed by atoms with Crippen molar-refractivity contribution in [3.8, 4) is 5.88 Å². The average molecular weight is 241 g/mol. The van der Waals surface area contributed by atoms with Crippen LogP contribution < -0.4 is 4.74 Å². The molecule has 1 saturated heterocycles. The van der Waals surface area contributed by atoms with Crippen LogP contribution in [-0.4, -0.2) is 40.9 Å². The van der Waals surface area contributed by atoms with Crippen molar-refractivity contribution in [3.63, 3.8) is 0 Å². The van der Waals surface area contributed by atoms with E-state index in [1.165, 1.54) is 0 Å². The molecule has 0 N–H and O–H groups in total. The number of rotatable bonds is 3. The largest absolute Gasteiger partial charge is 0.472 e. The summed E-state index contributed by atoms with van der Waals surface area (Å²) in [7, 11) is 0. The molecule has 1 aromatic rings. The van der Waals surface area contributed by atoms with Gasteiger partial charge >= 0.3 is 0 Å². The van der Waals surface area contributed by atoms with Crippen molar-refractivity contribution in [1.82, 2.24) is 9.88 Å². The first kappa shape index (κ1) is 11.2. The molecule has 1 aromatic heterocycles. The molecular formula is C11H13ClN2O2. The number of amides is 1. The van der Waals surface area contributed by atoms with Gasteiger partial charge in [-0.2, -0.15) is 0 Å². The zero-order chi connectivity index (χ0) is 11.4. The number of aromatic nitrogens is 1.